The van der Waals surface area contributed by atoms with E-state index in [1.54, 1.807) is 13.1 Å². The average Bonchev–Trinajstić information content (AvgIpc) is 2.42. The largest absolute Gasteiger partial charge is 0.373 e. The van der Waals surface area contributed by atoms with Crippen molar-refractivity contribution in [3.63, 3.8) is 0 Å². The topological polar surface area (TPSA) is 37.8 Å². The summed E-state index contributed by atoms with van der Waals surface area (Å²) < 4.78 is 26.8. The predicted octanol–water partition coefficient (Wildman–Crippen LogP) is 4.07. The maximum Gasteiger partial charge on any atom is 0.137 e. The Hall–Kier alpha value is -1.69. The van der Waals surface area contributed by atoms with Gasteiger partial charge in [0.2, 0.25) is 0 Å². The number of nitrogens with zero attached hydrogens (tertiary/aromatic N) is 2. The van der Waals surface area contributed by atoms with Gasteiger partial charge in [0.05, 0.1) is 4.90 Å². The van der Waals surface area contributed by atoms with E-state index in [1.807, 2.05) is 13.8 Å². The van der Waals surface area contributed by atoms with Crippen molar-refractivity contribution in [1.82, 2.24) is 9.97 Å². The van der Waals surface area contributed by atoms with Gasteiger partial charge in [0, 0.05) is 19.0 Å². The van der Waals surface area contributed by atoms with Crippen LogP contribution in [0, 0.1) is 11.6 Å². The van der Waals surface area contributed by atoms with E-state index < -0.39 is 11.6 Å². The summed E-state index contributed by atoms with van der Waals surface area (Å²) >= 11 is 1.08. The number of nitrogens with one attached hydrogen (secondary N) is 1. The van der Waals surface area contributed by atoms with Crippen molar-refractivity contribution in [1.29, 1.82) is 0 Å². The number of hydrogen-bond donors (Lipinski definition) is 1. The molecule has 0 fully saturated rings. The fraction of sp³-hybridized carbons (Fsp3) is 0.286. The monoisotopic (exact) mass is 295 g/mol. The molecule has 2 rings (SSSR count). The van der Waals surface area contributed by atoms with Crippen LogP contribution >= 0.6 is 11.8 Å². The summed E-state index contributed by atoms with van der Waals surface area (Å²) in [5.74, 6) is 0.534. The molecule has 0 aliphatic heterocycles. The lowest BCUT2D eigenvalue weighted by molar-refractivity contribution is 0.577. The van der Waals surface area contributed by atoms with E-state index in [0.29, 0.717) is 16.7 Å². The van der Waals surface area contributed by atoms with Gasteiger partial charge in [-0.1, -0.05) is 25.6 Å². The van der Waals surface area contributed by atoms with Crippen LogP contribution in [0.4, 0.5) is 14.6 Å². The third-order valence-electron chi connectivity index (χ3n) is 2.60. The Bertz CT molecular complexity index is 617. The van der Waals surface area contributed by atoms with Crippen molar-refractivity contribution in [2.24, 2.45) is 0 Å². The number of benzene rings is 1. The fourth-order valence-corrected chi connectivity index (χ4v) is 2.42. The Balaban J connectivity index is 2.37. The minimum absolute atomic E-state index is 0.153. The van der Waals surface area contributed by atoms with E-state index in [1.165, 1.54) is 0 Å². The molecule has 3 nitrogen and oxygen atoms in total. The lowest BCUT2D eigenvalue weighted by atomic mass is 10.2. The smallest absolute Gasteiger partial charge is 0.137 e. The Morgan fingerprint density at radius 3 is 2.55 bits per heavy atom. The molecule has 20 heavy (non-hydrogen) atoms. The zero-order valence-electron chi connectivity index (χ0n) is 11.4. The van der Waals surface area contributed by atoms with Crippen LogP contribution in [0.5, 0.6) is 0 Å². The van der Waals surface area contributed by atoms with Crippen LogP contribution in [0.15, 0.2) is 34.2 Å². The summed E-state index contributed by atoms with van der Waals surface area (Å²) in [6.45, 7) is 3.96. The van der Waals surface area contributed by atoms with Crippen molar-refractivity contribution in [3.05, 3.63) is 41.7 Å². The minimum atomic E-state index is -0.471. The second-order valence-electron chi connectivity index (χ2n) is 4.53. The maximum absolute atomic E-state index is 13.7. The van der Waals surface area contributed by atoms with Crippen molar-refractivity contribution in [2.45, 2.75) is 29.7 Å². The lowest BCUT2D eigenvalue weighted by Crippen LogP contribution is -2.02. The molecule has 0 spiro atoms. The molecule has 1 aromatic heterocycles. The third-order valence-corrected chi connectivity index (χ3v) is 3.55. The van der Waals surface area contributed by atoms with Gasteiger partial charge in [0.1, 0.15) is 28.3 Å². The highest BCUT2D eigenvalue weighted by molar-refractivity contribution is 7.99. The standard InChI is InChI=1S/C14H15F2N3S/c1-8(2)14-18-12(17-3)7-13(19-14)20-11-6-9(15)4-5-10(11)16/h4-8H,1-3H3,(H,17,18,19). The van der Waals surface area contributed by atoms with Gasteiger partial charge in [-0.05, 0) is 18.2 Å². The van der Waals surface area contributed by atoms with Crippen molar-refractivity contribution in [2.75, 3.05) is 12.4 Å². The molecule has 0 radical (unpaired) electrons. The van der Waals surface area contributed by atoms with Gasteiger partial charge in [-0.25, -0.2) is 18.7 Å². The number of hydrogen-bond acceptors (Lipinski definition) is 4. The molecule has 0 atom stereocenters. The lowest BCUT2D eigenvalue weighted by Gasteiger charge is -2.10. The highest BCUT2D eigenvalue weighted by Crippen LogP contribution is 2.30. The molecule has 1 aromatic carbocycles. The SMILES string of the molecule is CNc1cc(Sc2cc(F)ccc2F)nc(C(C)C)n1. The summed E-state index contributed by atoms with van der Waals surface area (Å²) in [6, 6.07) is 5.08. The maximum atomic E-state index is 13.7. The summed E-state index contributed by atoms with van der Waals surface area (Å²) in [7, 11) is 1.75. The first kappa shape index (κ1) is 14.7. The molecule has 6 heteroatoms. The third kappa shape index (κ3) is 3.45. The summed E-state index contributed by atoms with van der Waals surface area (Å²) in [5, 5.41) is 3.52. The van der Waals surface area contributed by atoms with E-state index in [0.717, 1.165) is 30.0 Å². The summed E-state index contributed by atoms with van der Waals surface area (Å²) in [6.07, 6.45) is 0. The summed E-state index contributed by atoms with van der Waals surface area (Å²) in [4.78, 5) is 8.91. The second kappa shape index (κ2) is 6.17. The molecule has 106 valence electrons. The van der Waals surface area contributed by atoms with Crippen LogP contribution in [-0.2, 0) is 0 Å². The molecule has 0 saturated heterocycles. The molecular weight excluding hydrogens is 280 g/mol. The van der Waals surface area contributed by atoms with Crippen LogP contribution in [0.25, 0.3) is 0 Å². The van der Waals surface area contributed by atoms with Crippen LogP contribution in [0.2, 0.25) is 0 Å². The first-order valence-corrected chi connectivity index (χ1v) is 7.01. The van der Waals surface area contributed by atoms with Gasteiger partial charge >= 0.3 is 0 Å². The number of rotatable bonds is 4. The number of halogens is 2. The van der Waals surface area contributed by atoms with E-state index in [4.69, 9.17) is 0 Å². The number of aromatic nitrogens is 2. The molecule has 0 aliphatic rings. The normalized spacial score (nSPS) is 10.9. The van der Waals surface area contributed by atoms with Gasteiger partial charge in [0.15, 0.2) is 0 Å². The number of anilines is 1. The van der Waals surface area contributed by atoms with Crippen LogP contribution in [0.1, 0.15) is 25.6 Å². The second-order valence-corrected chi connectivity index (χ2v) is 5.59. The van der Waals surface area contributed by atoms with Gasteiger partial charge < -0.3 is 5.32 Å². The Kier molecular flexibility index (Phi) is 4.54. The van der Waals surface area contributed by atoms with Crippen LogP contribution < -0.4 is 5.32 Å². The Morgan fingerprint density at radius 2 is 1.90 bits per heavy atom. The molecule has 1 heterocycles. The molecule has 2 aromatic rings. The molecule has 0 bridgehead atoms. The molecule has 1 N–H and O–H groups in total. The van der Waals surface area contributed by atoms with Crippen LogP contribution in [-0.4, -0.2) is 17.0 Å². The zero-order chi connectivity index (χ0) is 14.7. The molecular formula is C14H15F2N3S. The Morgan fingerprint density at radius 1 is 1.15 bits per heavy atom. The van der Waals surface area contributed by atoms with Gasteiger partial charge in [-0.2, -0.15) is 0 Å². The van der Waals surface area contributed by atoms with Gasteiger partial charge in [-0.15, -0.1) is 0 Å². The highest BCUT2D eigenvalue weighted by atomic mass is 32.2. The van der Waals surface area contributed by atoms with E-state index in [2.05, 4.69) is 15.3 Å². The predicted molar refractivity (Wildman–Crippen MR) is 76.1 cm³/mol. The average molecular weight is 295 g/mol. The molecule has 0 amide bonds. The minimum Gasteiger partial charge on any atom is -0.373 e. The van der Waals surface area contributed by atoms with Gasteiger partial charge in [0.25, 0.3) is 0 Å². The highest BCUT2D eigenvalue weighted by Gasteiger charge is 2.11. The van der Waals surface area contributed by atoms with Crippen molar-refractivity contribution in [3.8, 4) is 0 Å². The summed E-state index contributed by atoms with van der Waals surface area (Å²) in [5.41, 5.74) is 0. The van der Waals surface area contributed by atoms with Crippen LogP contribution in [0.3, 0.4) is 0 Å². The molecule has 0 aliphatic carbocycles. The van der Waals surface area contributed by atoms with Gasteiger partial charge in [-0.3, -0.25) is 0 Å². The quantitative estimate of drug-likeness (QED) is 0.863. The van der Waals surface area contributed by atoms with Crippen molar-refractivity contribution < 1.29 is 8.78 Å². The molecule has 0 saturated carbocycles. The first-order chi connectivity index (χ1) is 9.49. The first-order valence-electron chi connectivity index (χ1n) is 6.19. The Labute approximate surface area is 120 Å². The fourth-order valence-electron chi connectivity index (χ4n) is 1.55. The van der Waals surface area contributed by atoms with E-state index in [-0.39, 0.29) is 10.8 Å². The zero-order valence-corrected chi connectivity index (χ0v) is 12.3. The molecule has 0 unspecified atom stereocenters. The van der Waals surface area contributed by atoms with E-state index >= 15 is 0 Å². The van der Waals surface area contributed by atoms with E-state index in [9.17, 15) is 8.78 Å². The van der Waals surface area contributed by atoms with Crippen molar-refractivity contribution >= 4 is 17.6 Å².